The van der Waals surface area contributed by atoms with Gasteiger partial charge < -0.3 is 0 Å². The molecule has 80 valence electrons. The molecule has 15 heavy (non-hydrogen) atoms. The van der Waals surface area contributed by atoms with Crippen LogP contribution in [-0.2, 0) is 16.5 Å². The molecule has 0 spiro atoms. The predicted octanol–water partition coefficient (Wildman–Crippen LogP) is 1.73. The van der Waals surface area contributed by atoms with Gasteiger partial charge >= 0.3 is 0 Å². The van der Waals surface area contributed by atoms with E-state index >= 15 is 0 Å². The van der Waals surface area contributed by atoms with Crippen molar-refractivity contribution in [3.05, 3.63) is 29.3 Å². The number of hydrogen-bond donors (Lipinski definition) is 1. The first-order chi connectivity index (χ1) is 7.04. The molecule has 1 N–H and O–H groups in total. The smallest absolute Gasteiger partial charge is 0.265 e. The number of thiazole rings is 1. The lowest BCUT2D eigenvalue weighted by Crippen LogP contribution is -2.06. The zero-order chi connectivity index (χ0) is 10.9. The third kappa shape index (κ3) is 2.74. The van der Waals surface area contributed by atoms with Gasteiger partial charge in [0.2, 0.25) is 0 Å². The molecular weight excluding hydrogens is 234 g/mol. The largest absolute Gasteiger partial charge is 0.286 e. The molecule has 0 aliphatic carbocycles. The summed E-state index contributed by atoms with van der Waals surface area (Å²) in [5.41, 5.74) is 0.868. The van der Waals surface area contributed by atoms with Crippen molar-refractivity contribution in [1.29, 1.82) is 0 Å². The molecule has 0 saturated carbocycles. The topological polar surface area (TPSA) is 67.3 Å². The van der Waals surface area contributed by atoms with E-state index in [2.05, 4.69) is 4.98 Å². The second-order valence-electron chi connectivity index (χ2n) is 3.11. The fourth-order valence-electron chi connectivity index (χ4n) is 1.24. The standard InChI is InChI=1S/C9H9NO3S2/c11-15(12,13)6-5-9-10-7-3-1-2-4-8(7)14-9/h1-4H,5-6H2,(H,11,12,13). The van der Waals surface area contributed by atoms with Gasteiger partial charge in [-0.05, 0) is 12.1 Å². The number of fused-ring (bicyclic) bond motifs is 1. The molecular formula is C9H9NO3S2. The summed E-state index contributed by atoms with van der Waals surface area (Å²) in [6, 6.07) is 7.61. The minimum atomic E-state index is -3.89. The van der Waals surface area contributed by atoms with E-state index in [1.165, 1.54) is 11.3 Å². The van der Waals surface area contributed by atoms with Crippen molar-refractivity contribution in [2.45, 2.75) is 6.42 Å². The summed E-state index contributed by atoms with van der Waals surface area (Å²) in [6.07, 6.45) is 0.262. The molecule has 0 saturated heterocycles. The summed E-state index contributed by atoms with van der Waals surface area (Å²) in [5.74, 6) is -0.271. The van der Waals surface area contributed by atoms with E-state index in [1.807, 2.05) is 24.3 Å². The van der Waals surface area contributed by atoms with Crippen LogP contribution in [-0.4, -0.2) is 23.7 Å². The number of para-hydroxylation sites is 1. The van der Waals surface area contributed by atoms with Crippen LogP contribution in [0.25, 0.3) is 10.2 Å². The van der Waals surface area contributed by atoms with Crippen molar-refractivity contribution in [3.8, 4) is 0 Å². The van der Waals surface area contributed by atoms with Crippen molar-refractivity contribution < 1.29 is 13.0 Å². The van der Waals surface area contributed by atoms with Crippen LogP contribution in [0, 0.1) is 0 Å². The minimum Gasteiger partial charge on any atom is -0.286 e. The fourth-order valence-corrected chi connectivity index (χ4v) is 2.79. The number of aromatic nitrogens is 1. The Kier molecular flexibility index (Phi) is 2.72. The molecule has 0 unspecified atom stereocenters. The van der Waals surface area contributed by atoms with Gasteiger partial charge in [-0.15, -0.1) is 11.3 Å². The van der Waals surface area contributed by atoms with Crippen LogP contribution in [0.15, 0.2) is 24.3 Å². The van der Waals surface area contributed by atoms with Gasteiger partial charge in [0.25, 0.3) is 10.1 Å². The summed E-state index contributed by atoms with van der Waals surface area (Å²) in [6.45, 7) is 0. The summed E-state index contributed by atoms with van der Waals surface area (Å²) < 4.78 is 30.7. The Hall–Kier alpha value is -0.980. The number of nitrogens with zero attached hydrogens (tertiary/aromatic N) is 1. The lowest BCUT2D eigenvalue weighted by atomic mass is 10.3. The maximum absolute atomic E-state index is 10.6. The van der Waals surface area contributed by atoms with Crippen molar-refractivity contribution in [2.75, 3.05) is 5.75 Å². The summed E-state index contributed by atoms with van der Waals surface area (Å²) in [7, 11) is -3.89. The average Bonchev–Trinajstić information content (AvgIpc) is 2.56. The van der Waals surface area contributed by atoms with E-state index in [-0.39, 0.29) is 12.2 Å². The molecule has 0 aliphatic rings. The lowest BCUT2D eigenvalue weighted by molar-refractivity contribution is 0.482. The van der Waals surface area contributed by atoms with Gasteiger partial charge in [0.15, 0.2) is 0 Å². The minimum absolute atomic E-state index is 0.262. The first-order valence-electron chi connectivity index (χ1n) is 4.34. The Balaban J connectivity index is 2.23. The Morgan fingerprint density at radius 1 is 1.33 bits per heavy atom. The Bertz CT molecular complexity index is 541. The second-order valence-corrected chi connectivity index (χ2v) is 5.80. The van der Waals surface area contributed by atoms with Crippen LogP contribution in [0.4, 0.5) is 0 Å². The molecule has 0 radical (unpaired) electrons. The Morgan fingerprint density at radius 2 is 2.07 bits per heavy atom. The molecule has 0 amide bonds. The SMILES string of the molecule is O=S(=O)(O)CCc1nc2ccccc2s1. The molecule has 2 aromatic rings. The van der Waals surface area contributed by atoms with E-state index in [9.17, 15) is 8.42 Å². The first-order valence-corrected chi connectivity index (χ1v) is 6.77. The summed E-state index contributed by atoms with van der Waals surface area (Å²) in [5, 5.41) is 0.730. The molecule has 1 aromatic carbocycles. The second kappa shape index (κ2) is 3.88. The zero-order valence-corrected chi connectivity index (χ0v) is 9.38. The highest BCUT2D eigenvalue weighted by atomic mass is 32.2. The molecule has 2 rings (SSSR count). The van der Waals surface area contributed by atoms with Crippen molar-refractivity contribution in [2.24, 2.45) is 0 Å². The van der Waals surface area contributed by atoms with Gasteiger partial charge in [-0.1, -0.05) is 12.1 Å². The highest BCUT2D eigenvalue weighted by Gasteiger charge is 2.08. The number of hydrogen-bond acceptors (Lipinski definition) is 4. The van der Waals surface area contributed by atoms with E-state index in [0.717, 1.165) is 15.2 Å². The molecule has 6 heteroatoms. The quantitative estimate of drug-likeness (QED) is 0.834. The normalized spacial score (nSPS) is 12.1. The summed E-state index contributed by atoms with van der Waals surface area (Å²) in [4.78, 5) is 4.26. The highest BCUT2D eigenvalue weighted by Crippen LogP contribution is 2.21. The third-order valence-electron chi connectivity index (χ3n) is 1.91. The van der Waals surface area contributed by atoms with Gasteiger partial charge in [-0.3, -0.25) is 4.55 Å². The molecule has 0 bridgehead atoms. The van der Waals surface area contributed by atoms with E-state index in [0.29, 0.717) is 0 Å². The van der Waals surface area contributed by atoms with Gasteiger partial charge in [0.1, 0.15) is 0 Å². The molecule has 1 heterocycles. The number of benzene rings is 1. The lowest BCUT2D eigenvalue weighted by Gasteiger charge is -1.92. The summed E-state index contributed by atoms with van der Waals surface area (Å²) >= 11 is 1.45. The number of rotatable bonds is 3. The van der Waals surface area contributed by atoms with Crippen molar-refractivity contribution in [3.63, 3.8) is 0 Å². The van der Waals surface area contributed by atoms with Crippen LogP contribution in [0.3, 0.4) is 0 Å². The average molecular weight is 243 g/mol. The Labute approximate surface area is 91.3 Å². The monoisotopic (exact) mass is 243 g/mol. The molecule has 0 fully saturated rings. The van der Waals surface area contributed by atoms with Gasteiger partial charge in [-0.25, -0.2) is 4.98 Å². The molecule has 1 aromatic heterocycles. The van der Waals surface area contributed by atoms with E-state index in [4.69, 9.17) is 4.55 Å². The van der Waals surface area contributed by atoms with Gasteiger partial charge in [0, 0.05) is 6.42 Å². The van der Waals surface area contributed by atoms with Crippen LogP contribution >= 0.6 is 11.3 Å². The molecule has 0 atom stereocenters. The van der Waals surface area contributed by atoms with Gasteiger partial charge in [0.05, 0.1) is 21.0 Å². The fraction of sp³-hybridized carbons (Fsp3) is 0.222. The Morgan fingerprint density at radius 3 is 2.73 bits per heavy atom. The maximum Gasteiger partial charge on any atom is 0.265 e. The van der Waals surface area contributed by atoms with Crippen LogP contribution in [0.2, 0.25) is 0 Å². The van der Waals surface area contributed by atoms with E-state index in [1.54, 1.807) is 0 Å². The molecule has 4 nitrogen and oxygen atoms in total. The first kappa shape index (κ1) is 10.5. The maximum atomic E-state index is 10.6. The molecule has 0 aliphatic heterocycles. The van der Waals surface area contributed by atoms with Crippen LogP contribution in [0.5, 0.6) is 0 Å². The van der Waals surface area contributed by atoms with Crippen molar-refractivity contribution in [1.82, 2.24) is 4.98 Å². The number of aryl methyl sites for hydroxylation is 1. The van der Waals surface area contributed by atoms with Gasteiger partial charge in [-0.2, -0.15) is 8.42 Å². The highest BCUT2D eigenvalue weighted by molar-refractivity contribution is 7.85. The van der Waals surface area contributed by atoms with Crippen LogP contribution < -0.4 is 0 Å². The van der Waals surface area contributed by atoms with Crippen molar-refractivity contribution >= 4 is 31.7 Å². The van der Waals surface area contributed by atoms with E-state index < -0.39 is 10.1 Å². The zero-order valence-electron chi connectivity index (χ0n) is 7.75. The predicted molar refractivity (Wildman–Crippen MR) is 59.7 cm³/mol. The third-order valence-corrected chi connectivity index (χ3v) is 3.73. The van der Waals surface area contributed by atoms with Crippen LogP contribution in [0.1, 0.15) is 5.01 Å².